The van der Waals surface area contributed by atoms with Gasteiger partial charge >= 0.3 is 12.2 Å². The summed E-state index contributed by atoms with van der Waals surface area (Å²) in [6, 6.07) is 0.451. The van der Waals surface area contributed by atoms with Crippen LogP contribution in [0.15, 0.2) is 45.7 Å². The van der Waals surface area contributed by atoms with Crippen LogP contribution in [0.4, 0.5) is 23.8 Å². The average molecular weight is 356 g/mol. The summed E-state index contributed by atoms with van der Waals surface area (Å²) >= 11 is 0. The van der Waals surface area contributed by atoms with Gasteiger partial charge < -0.3 is 15.6 Å². The minimum atomic E-state index is -4.40. The molecule has 1 atom stereocenters. The van der Waals surface area contributed by atoms with Gasteiger partial charge in [-0.25, -0.2) is 4.79 Å². The van der Waals surface area contributed by atoms with E-state index in [4.69, 9.17) is 10.3 Å². The highest BCUT2D eigenvalue weighted by Crippen LogP contribution is 2.34. The molecule has 1 aromatic rings. The van der Waals surface area contributed by atoms with Gasteiger partial charge in [-0.3, -0.25) is 5.32 Å². The van der Waals surface area contributed by atoms with Gasteiger partial charge in [0.1, 0.15) is 0 Å². The number of urea groups is 1. The van der Waals surface area contributed by atoms with Crippen LogP contribution in [0.3, 0.4) is 0 Å². The SMILES string of the molecule is CCC1=C(C(F)(F)F)CC=C(NC(=O)Nc2cc(C(C)N)on2)C=C1. The number of carbonyl (C=O) groups is 1. The molecule has 4 N–H and O–H groups in total. The summed E-state index contributed by atoms with van der Waals surface area (Å²) in [6.07, 6.45) is -0.344. The molecule has 0 fully saturated rings. The smallest absolute Gasteiger partial charge is 0.358 e. The van der Waals surface area contributed by atoms with Gasteiger partial charge in [0.05, 0.1) is 6.04 Å². The second-order valence-corrected chi connectivity index (χ2v) is 5.53. The highest BCUT2D eigenvalue weighted by molar-refractivity contribution is 5.89. The number of rotatable bonds is 4. The molecule has 25 heavy (non-hydrogen) atoms. The summed E-state index contributed by atoms with van der Waals surface area (Å²) in [5.74, 6) is 0.557. The maximum Gasteiger partial charge on any atom is 0.413 e. The Kier molecular flexibility index (Phi) is 5.68. The number of anilines is 1. The molecule has 1 heterocycles. The quantitative estimate of drug-likeness (QED) is 0.762. The molecular formula is C16H19F3N4O2. The van der Waals surface area contributed by atoms with Crippen LogP contribution in [0.5, 0.6) is 0 Å². The van der Waals surface area contributed by atoms with E-state index >= 15 is 0 Å². The summed E-state index contributed by atoms with van der Waals surface area (Å²) in [4.78, 5) is 12.0. The van der Waals surface area contributed by atoms with Gasteiger partial charge in [0.2, 0.25) is 0 Å². The van der Waals surface area contributed by atoms with E-state index in [9.17, 15) is 18.0 Å². The van der Waals surface area contributed by atoms with Crippen molar-refractivity contribution in [2.24, 2.45) is 5.73 Å². The molecule has 0 bridgehead atoms. The third-order valence-corrected chi connectivity index (χ3v) is 3.58. The number of aromatic nitrogens is 1. The van der Waals surface area contributed by atoms with Crippen LogP contribution in [-0.4, -0.2) is 17.4 Å². The van der Waals surface area contributed by atoms with Gasteiger partial charge in [-0.15, -0.1) is 0 Å². The average Bonchev–Trinajstić information content (AvgIpc) is 2.86. The van der Waals surface area contributed by atoms with Crippen LogP contribution in [-0.2, 0) is 0 Å². The molecule has 2 rings (SSSR count). The Hall–Kier alpha value is -2.55. The minimum Gasteiger partial charge on any atom is -0.358 e. The first kappa shape index (κ1) is 18.8. The van der Waals surface area contributed by atoms with E-state index in [2.05, 4.69) is 15.8 Å². The maximum absolute atomic E-state index is 13.1. The van der Waals surface area contributed by atoms with Crippen molar-refractivity contribution in [3.63, 3.8) is 0 Å². The fourth-order valence-electron chi connectivity index (χ4n) is 2.27. The van der Waals surface area contributed by atoms with E-state index in [1.165, 1.54) is 24.3 Å². The number of nitrogens with zero attached hydrogens (tertiary/aromatic N) is 1. The number of nitrogens with two attached hydrogens (primary N) is 1. The summed E-state index contributed by atoms with van der Waals surface area (Å²) < 4.78 is 44.1. The Morgan fingerprint density at radius 2 is 2.12 bits per heavy atom. The van der Waals surface area contributed by atoms with E-state index in [1.54, 1.807) is 13.8 Å². The Morgan fingerprint density at radius 1 is 1.40 bits per heavy atom. The standard InChI is InChI=1S/C16H19F3N4O2/c1-3-10-4-5-11(6-7-12(10)16(17,18)19)21-15(24)22-14-8-13(9(2)20)25-23-14/h4-6,8-9H,3,7,20H2,1-2H3,(H2,21,22,23,24). The van der Waals surface area contributed by atoms with Gasteiger partial charge in [0, 0.05) is 17.3 Å². The number of halogens is 3. The summed E-state index contributed by atoms with van der Waals surface area (Å²) in [7, 11) is 0. The predicted molar refractivity (Wildman–Crippen MR) is 86.5 cm³/mol. The molecule has 0 saturated carbocycles. The summed E-state index contributed by atoms with van der Waals surface area (Å²) in [5, 5.41) is 8.55. The molecule has 0 spiro atoms. The predicted octanol–water partition coefficient (Wildman–Crippen LogP) is 3.93. The van der Waals surface area contributed by atoms with Gasteiger partial charge in [-0.2, -0.15) is 13.2 Å². The first-order chi connectivity index (χ1) is 11.7. The third-order valence-electron chi connectivity index (χ3n) is 3.58. The maximum atomic E-state index is 13.1. The molecular weight excluding hydrogens is 337 g/mol. The lowest BCUT2D eigenvalue weighted by molar-refractivity contribution is -0.0936. The zero-order valence-electron chi connectivity index (χ0n) is 13.8. The Balaban J connectivity index is 2.03. The minimum absolute atomic E-state index is 0.159. The van der Waals surface area contributed by atoms with Gasteiger partial charge in [0.25, 0.3) is 0 Å². The van der Waals surface area contributed by atoms with Crippen molar-refractivity contribution in [2.75, 3.05) is 5.32 Å². The van der Waals surface area contributed by atoms with Crippen molar-refractivity contribution < 1.29 is 22.5 Å². The number of carbonyl (C=O) groups excluding carboxylic acids is 1. The summed E-state index contributed by atoms with van der Waals surface area (Å²) in [5.41, 5.74) is 5.47. The highest BCUT2D eigenvalue weighted by Gasteiger charge is 2.34. The van der Waals surface area contributed by atoms with E-state index in [1.807, 2.05) is 0 Å². The van der Waals surface area contributed by atoms with E-state index in [-0.39, 0.29) is 36.0 Å². The van der Waals surface area contributed by atoms with Gasteiger partial charge in [-0.05, 0) is 31.4 Å². The lowest BCUT2D eigenvalue weighted by atomic mass is 10.0. The van der Waals surface area contributed by atoms with E-state index in [0.717, 1.165) is 0 Å². The van der Waals surface area contributed by atoms with Crippen LogP contribution in [0.25, 0.3) is 0 Å². The van der Waals surface area contributed by atoms with Crippen LogP contribution < -0.4 is 16.4 Å². The lowest BCUT2D eigenvalue weighted by Gasteiger charge is -2.12. The molecule has 1 aliphatic carbocycles. The number of amides is 2. The van der Waals surface area contributed by atoms with Gasteiger partial charge in [0.15, 0.2) is 11.6 Å². The first-order valence-electron chi connectivity index (χ1n) is 7.68. The number of hydrogen-bond donors (Lipinski definition) is 3. The largest absolute Gasteiger partial charge is 0.413 e. The molecule has 0 radical (unpaired) electrons. The summed E-state index contributed by atoms with van der Waals surface area (Å²) in [6.45, 7) is 3.35. The zero-order valence-corrected chi connectivity index (χ0v) is 13.8. The second kappa shape index (κ2) is 7.56. The van der Waals surface area contributed by atoms with Crippen molar-refractivity contribution in [3.8, 4) is 0 Å². The van der Waals surface area contributed by atoms with Crippen molar-refractivity contribution >= 4 is 11.8 Å². The molecule has 9 heteroatoms. The lowest BCUT2D eigenvalue weighted by Crippen LogP contribution is -2.27. The van der Waals surface area contributed by atoms with Crippen molar-refractivity contribution in [1.29, 1.82) is 0 Å². The number of alkyl halides is 3. The van der Waals surface area contributed by atoms with E-state index in [0.29, 0.717) is 5.76 Å². The monoisotopic (exact) mass is 356 g/mol. The van der Waals surface area contributed by atoms with Crippen molar-refractivity contribution in [2.45, 2.75) is 38.9 Å². The molecule has 0 aliphatic heterocycles. The molecule has 1 aliphatic rings. The van der Waals surface area contributed by atoms with Crippen molar-refractivity contribution in [1.82, 2.24) is 10.5 Å². The van der Waals surface area contributed by atoms with Crippen LogP contribution in [0.1, 0.15) is 38.5 Å². The third kappa shape index (κ3) is 4.96. The van der Waals surface area contributed by atoms with Crippen LogP contribution >= 0.6 is 0 Å². The Bertz CT molecular complexity index is 730. The zero-order chi connectivity index (χ0) is 18.6. The topological polar surface area (TPSA) is 93.2 Å². The molecule has 2 amide bonds. The van der Waals surface area contributed by atoms with Gasteiger partial charge in [-0.1, -0.05) is 24.2 Å². The van der Waals surface area contributed by atoms with Crippen LogP contribution in [0.2, 0.25) is 0 Å². The molecule has 6 nitrogen and oxygen atoms in total. The van der Waals surface area contributed by atoms with E-state index < -0.39 is 17.8 Å². The number of nitrogens with one attached hydrogen (secondary N) is 2. The first-order valence-corrected chi connectivity index (χ1v) is 7.68. The van der Waals surface area contributed by atoms with Crippen LogP contribution in [0, 0.1) is 0 Å². The molecule has 1 unspecified atom stereocenters. The fourth-order valence-corrected chi connectivity index (χ4v) is 2.27. The second-order valence-electron chi connectivity index (χ2n) is 5.53. The Morgan fingerprint density at radius 3 is 2.68 bits per heavy atom. The fraction of sp³-hybridized carbons (Fsp3) is 0.375. The highest BCUT2D eigenvalue weighted by atomic mass is 19.4. The number of allylic oxidation sites excluding steroid dienone is 5. The molecule has 0 saturated heterocycles. The molecule has 1 aromatic heterocycles. The Labute approximate surface area is 142 Å². The van der Waals surface area contributed by atoms with Crippen molar-refractivity contribution in [3.05, 3.63) is 46.9 Å². The molecule has 136 valence electrons. The normalized spacial score (nSPS) is 16.3. The molecule has 0 aromatic carbocycles. The number of hydrogen-bond acceptors (Lipinski definition) is 4.